The van der Waals surface area contributed by atoms with Crippen LogP contribution >= 0.6 is 0 Å². The van der Waals surface area contributed by atoms with Crippen LogP contribution in [-0.4, -0.2) is 11.1 Å². The molecule has 3 aromatic rings. The number of benzene rings is 3. The number of hydrogen-bond donors (Lipinski definition) is 1. The van der Waals surface area contributed by atoms with E-state index >= 15 is 0 Å². The second-order valence-electron chi connectivity index (χ2n) is 6.47. The summed E-state index contributed by atoms with van der Waals surface area (Å²) in [4.78, 5) is 10.8. The second kappa shape index (κ2) is 7.42. The van der Waals surface area contributed by atoms with E-state index in [2.05, 4.69) is 0 Å². The number of aliphatic carboxylic acids is 1. The van der Waals surface area contributed by atoms with Gasteiger partial charge in [0, 0.05) is 6.42 Å². The Balaban J connectivity index is 2.23. The predicted octanol–water partition coefficient (Wildman–Crippen LogP) is 6.56. The van der Waals surface area contributed by atoms with Crippen molar-refractivity contribution in [2.24, 2.45) is 0 Å². The first-order valence-corrected chi connectivity index (χ1v) is 8.49. The summed E-state index contributed by atoms with van der Waals surface area (Å²) in [7, 11) is 0. The molecule has 0 amide bonds. The van der Waals surface area contributed by atoms with Gasteiger partial charge >= 0.3 is 18.3 Å². The minimum absolute atomic E-state index is 0.114. The Morgan fingerprint density at radius 3 is 2.07 bits per heavy atom. The zero-order valence-corrected chi connectivity index (χ0v) is 14.7. The third-order valence-electron chi connectivity index (χ3n) is 4.56. The maximum absolute atomic E-state index is 13.6. The summed E-state index contributed by atoms with van der Waals surface area (Å²) in [5.74, 6) is -1.01. The van der Waals surface area contributed by atoms with Crippen LogP contribution in [0.25, 0.3) is 21.9 Å². The fourth-order valence-corrected chi connectivity index (χ4v) is 3.26. The predicted molar refractivity (Wildman–Crippen MR) is 95.3 cm³/mol. The Bertz CT molecular complexity index is 1070. The standard InChI is InChI=1S/C21H14F6O2/c22-20(23,24)13-8-9-17(18(11-13)21(25,26)27)16-6-2-4-14-12(7-10-19(28)29)3-1-5-15(14)16/h1-6,8-9,11H,7,10H2,(H,28,29). The van der Waals surface area contributed by atoms with Crippen LogP contribution in [0.2, 0.25) is 0 Å². The van der Waals surface area contributed by atoms with Crippen LogP contribution in [0.1, 0.15) is 23.1 Å². The Morgan fingerprint density at radius 1 is 0.793 bits per heavy atom. The van der Waals surface area contributed by atoms with Gasteiger partial charge in [-0.15, -0.1) is 0 Å². The lowest BCUT2D eigenvalue weighted by atomic mass is 9.91. The normalized spacial score (nSPS) is 12.3. The SMILES string of the molecule is O=C(O)CCc1cccc2c(-c3ccc(C(F)(F)F)cc3C(F)(F)F)cccc12. The second-order valence-corrected chi connectivity index (χ2v) is 6.47. The molecule has 0 saturated heterocycles. The highest BCUT2D eigenvalue weighted by molar-refractivity contribution is 5.99. The molecule has 0 aliphatic rings. The van der Waals surface area contributed by atoms with Gasteiger partial charge in [0.15, 0.2) is 0 Å². The quantitative estimate of drug-likeness (QED) is 0.493. The molecule has 29 heavy (non-hydrogen) atoms. The van der Waals surface area contributed by atoms with Crippen molar-refractivity contribution >= 4 is 16.7 Å². The number of carboxylic acids is 1. The summed E-state index contributed by atoms with van der Waals surface area (Å²) in [6.07, 6.45) is -9.87. The fourth-order valence-electron chi connectivity index (χ4n) is 3.26. The van der Waals surface area contributed by atoms with E-state index in [0.717, 1.165) is 6.07 Å². The van der Waals surface area contributed by atoms with Crippen molar-refractivity contribution in [2.75, 3.05) is 0 Å². The van der Waals surface area contributed by atoms with Crippen molar-refractivity contribution < 1.29 is 36.2 Å². The lowest BCUT2D eigenvalue weighted by molar-refractivity contribution is -0.143. The number of carboxylic acid groups (broad SMARTS) is 1. The van der Waals surface area contributed by atoms with Crippen LogP contribution in [0.15, 0.2) is 54.6 Å². The van der Waals surface area contributed by atoms with E-state index in [9.17, 15) is 31.1 Å². The van der Waals surface area contributed by atoms with Gasteiger partial charge in [0.25, 0.3) is 0 Å². The number of carbonyl (C=O) groups is 1. The van der Waals surface area contributed by atoms with Gasteiger partial charge in [0.05, 0.1) is 11.1 Å². The summed E-state index contributed by atoms with van der Waals surface area (Å²) in [5, 5.41) is 9.84. The smallest absolute Gasteiger partial charge is 0.417 e. The summed E-state index contributed by atoms with van der Waals surface area (Å²) >= 11 is 0. The molecule has 0 fully saturated rings. The molecule has 3 aromatic carbocycles. The van der Waals surface area contributed by atoms with Gasteiger partial charge in [-0.25, -0.2) is 0 Å². The van der Waals surface area contributed by atoms with Gasteiger partial charge in [-0.1, -0.05) is 42.5 Å². The van der Waals surface area contributed by atoms with Gasteiger partial charge in [-0.3, -0.25) is 4.79 Å². The molecule has 0 spiro atoms. The van der Waals surface area contributed by atoms with Gasteiger partial charge in [-0.2, -0.15) is 26.3 Å². The third kappa shape index (κ3) is 4.36. The van der Waals surface area contributed by atoms with E-state index in [1.807, 2.05) is 0 Å². The average Bonchev–Trinajstić information content (AvgIpc) is 2.64. The molecule has 0 saturated carbocycles. The number of halogens is 6. The van der Waals surface area contributed by atoms with Crippen molar-refractivity contribution in [3.63, 3.8) is 0 Å². The molecule has 0 bridgehead atoms. The van der Waals surface area contributed by atoms with E-state index in [1.165, 1.54) is 12.1 Å². The summed E-state index contributed by atoms with van der Waals surface area (Å²) in [5.41, 5.74) is -2.37. The van der Waals surface area contributed by atoms with Crippen molar-refractivity contribution in [1.82, 2.24) is 0 Å². The van der Waals surface area contributed by atoms with E-state index in [-0.39, 0.29) is 30.0 Å². The molecule has 3 rings (SSSR count). The van der Waals surface area contributed by atoms with Crippen LogP contribution in [0, 0.1) is 0 Å². The van der Waals surface area contributed by atoms with Crippen LogP contribution in [0.5, 0.6) is 0 Å². The lowest BCUT2D eigenvalue weighted by Gasteiger charge is -2.18. The van der Waals surface area contributed by atoms with Gasteiger partial charge < -0.3 is 5.11 Å². The van der Waals surface area contributed by atoms with Gasteiger partial charge in [-0.05, 0) is 46.0 Å². The van der Waals surface area contributed by atoms with Crippen molar-refractivity contribution in [2.45, 2.75) is 25.2 Å². The molecular weight excluding hydrogens is 398 g/mol. The summed E-state index contributed by atoms with van der Waals surface area (Å²) in [6, 6.07) is 10.9. The Labute approximate surface area is 161 Å². The van der Waals surface area contributed by atoms with Crippen molar-refractivity contribution in [3.8, 4) is 11.1 Å². The largest absolute Gasteiger partial charge is 0.481 e. The number of aryl methyl sites for hydroxylation is 1. The molecular formula is C21H14F6O2. The van der Waals surface area contributed by atoms with Crippen LogP contribution in [0.4, 0.5) is 26.3 Å². The first-order chi connectivity index (χ1) is 13.5. The zero-order valence-electron chi connectivity index (χ0n) is 14.7. The molecule has 0 heterocycles. The monoisotopic (exact) mass is 412 g/mol. The molecule has 0 unspecified atom stereocenters. The van der Waals surface area contributed by atoms with E-state index in [4.69, 9.17) is 5.11 Å². The number of fused-ring (bicyclic) bond motifs is 1. The molecule has 152 valence electrons. The highest BCUT2D eigenvalue weighted by atomic mass is 19.4. The third-order valence-corrected chi connectivity index (χ3v) is 4.56. The molecule has 0 aliphatic heterocycles. The van der Waals surface area contributed by atoms with Crippen LogP contribution in [0.3, 0.4) is 0 Å². The molecule has 2 nitrogen and oxygen atoms in total. The highest BCUT2D eigenvalue weighted by Gasteiger charge is 2.38. The number of rotatable bonds is 4. The minimum Gasteiger partial charge on any atom is -0.481 e. The molecule has 0 atom stereocenters. The Hall–Kier alpha value is -3.03. The highest BCUT2D eigenvalue weighted by Crippen LogP contribution is 2.42. The molecule has 0 aliphatic carbocycles. The van der Waals surface area contributed by atoms with Gasteiger partial charge in [0.1, 0.15) is 0 Å². The van der Waals surface area contributed by atoms with Crippen LogP contribution in [-0.2, 0) is 23.6 Å². The maximum atomic E-state index is 13.6. The zero-order chi connectivity index (χ0) is 21.4. The molecule has 8 heteroatoms. The maximum Gasteiger partial charge on any atom is 0.417 e. The van der Waals surface area contributed by atoms with Crippen LogP contribution < -0.4 is 0 Å². The first kappa shape index (κ1) is 20.7. The average molecular weight is 412 g/mol. The Kier molecular flexibility index (Phi) is 5.30. The first-order valence-electron chi connectivity index (χ1n) is 8.49. The Morgan fingerprint density at radius 2 is 1.45 bits per heavy atom. The van der Waals surface area contributed by atoms with E-state index < -0.39 is 29.4 Å². The van der Waals surface area contributed by atoms with E-state index in [1.54, 1.807) is 24.3 Å². The fraction of sp³-hybridized carbons (Fsp3) is 0.190. The number of hydrogen-bond acceptors (Lipinski definition) is 1. The van der Waals surface area contributed by atoms with Gasteiger partial charge in [0.2, 0.25) is 0 Å². The van der Waals surface area contributed by atoms with Crippen molar-refractivity contribution in [1.29, 1.82) is 0 Å². The van der Waals surface area contributed by atoms with E-state index in [0.29, 0.717) is 22.4 Å². The molecule has 0 aromatic heterocycles. The molecule has 1 N–H and O–H groups in total. The summed E-state index contributed by atoms with van der Waals surface area (Å²) < 4.78 is 79.5. The minimum atomic E-state index is -4.99. The molecule has 0 radical (unpaired) electrons. The van der Waals surface area contributed by atoms with Crippen molar-refractivity contribution in [3.05, 3.63) is 71.3 Å². The summed E-state index contributed by atoms with van der Waals surface area (Å²) in [6.45, 7) is 0. The topological polar surface area (TPSA) is 37.3 Å². The lowest BCUT2D eigenvalue weighted by Crippen LogP contribution is -2.12. The number of alkyl halides is 6.